The fourth-order valence-electron chi connectivity index (χ4n) is 4.18. The van der Waals surface area contributed by atoms with E-state index in [1.807, 2.05) is 7.05 Å². The van der Waals surface area contributed by atoms with E-state index < -0.39 is 0 Å². The monoisotopic (exact) mass is 516 g/mol. The van der Waals surface area contributed by atoms with Gasteiger partial charge in [-0.3, -0.25) is 9.89 Å². The van der Waals surface area contributed by atoms with Gasteiger partial charge in [-0.25, -0.2) is 0 Å². The van der Waals surface area contributed by atoms with Crippen LogP contribution in [0.25, 0.3) is 0 Å². The van der Waals surface area contributed by atoms with Crippen LogP contribution < -0.4 is 10.6 Å². The van der Waals surface area contributed by atoms with Crippen LogP contribution in [-0.4, -0.2) is 62.8 Å². The lowest BCUT2D eigenvalue weighted by Crippen LogP contribution is -2.48. The van der Waals surface area contributed by atoms with Crippen molar-refractivity contribution < 1.29 is 4.74 Å². The summed E-state index contributed by atoms with van der Waals surface area (Å²) in [5.41, 5.74) is 1.51. The van der Waals surface area contributed by atoms with Gasteiger partial charge in [-0.05, 0) is 52.5 Å². The van der Waals surface area contributed by atoms with E-state index in [0.29, 0.717) is 12.1 Å². The van der Waals surface area contributed by atoms with Gasteiger partial charge >= 0.3 is 0 Å². The molecule has 1 aromatic carbocycles. The number of rotatable bonds is 9. The third-order valence-electron chi connectivity index (χ3n) is 5.87. The molecule has 1 saturated heterocycles. The third-order valence-corrected chi connectivity index (χ3v) is 5.87. The van der Waals surface area contributed by atoms with Crippen molar-refractivity contribution in [2.24, 2.45) is 4.99 Å². The molecule has 166 valence electrons. The second kappa shape index (κ2) is 13.4. The summed E-state index contributed by atoms with van der Waals surface area (Å²) in [6.45, 7) is 13.6. The Morgan fingerprint density at radius 1 is 1.07 bits per heavy atom. The molecule has 2 N–H and O–H groups in total. The molecule has 0 aliphatic carbocycles. The first-order valence-electron chi connectivity index (χ1n) is 10.8. The molecule has 0 radical (unpaired) electrons. The predicted octanol–water partition coefficient (Wildman–Crippen LogP) is 4.03. The van der Waals surface area contributed by atoms with Crippen LogP contribution in [0, 0.1) is 0 Å². The second-order valence-corrected chi connectivity index (χ2v) is 8.39. The Hall–Kier alpha value is -0.860. The van der Waals surface area contributed by atoms with Gasteiger partial charge < -0.3 is 15.4 Å². The van der Waals surface area contributed by atoms with Crippen molar-refractivity contribution in [3.63, 3.8) is 0 Å². The maximum atomic E-state index is 5.64. The fraction of sp³-hybridized carbons (Fsp3) is 0.696. The average molecular weight is 517 g/mol. The highest BCUT2D eigenvalue weighted by molar-refractivity contribution is 14.0. The fourth-order valence-corrected chi connectivity index (χ4v) is 4.18. The van der Waals surface area contributed by atoms with Crippen molar-refractivity contribution in [2.75, 3.05) is 39.9 Å². The van der Waals surface area contributed by atoms with Crippen LogP contribution in [0.5, 0.6) is 0 Å². The van der Waals surface area contributed by atoms with E-state index in [1.165, 1.54) is 5.56 Å². The van der Waals surface area contributed by atoms with Gasteiger partial charge in [0.05, 0.1) is 0 Å². The number of aliphatic imine (C=N–C) groups is 1. The van der Waals surface area contributed by atoms with Gasteiger partial charge in [0.15, 0.2) is 5.96 Å². The molecule has 0 saturated carbocycles. The van der Waals surface area contributed by atoms with Gasteiger partial charge in [0.25, 0.3) is 0 Å². The minimum absolute atomic E-state index is 0. The Labute approximate surface area is 195 Å². The molecule has 0 unspecified atom stereocenters. The smallest absolute Gasteiger partial charge is 0.191 e. The lowest BCUT2D eigenvalue weighted by Gasteiger charge is -2.38. The molecular weight excluding hydrogens is 475 g/mol. The van der Waals surface area contributed by atoms with E-state index in [1.54, 1.807) is 0 Å². The number of nitrogens with zero attached hydrogens (tertiary/aromatic N) is 2. The summed E-state index contributed by atoms with van der Waals surface area (Å²) < 4.78 is 5.64. The molecular formula is C23H41IN4O. The molecule has 1 fully saturated rings. The van der Waals surface area contributed by atoms with E-state index in [2.05, 4.69) is 78.6 Å². The van der Waals surface area contributed by atoms with E-state index in [0.717, 1.165) is 58.1 Å². The van der Waals surface area contributed by atoms with Crippen molar-refractivity contribution in [2.45, 2.75) is 64.5 Å². The largest absolute Gasteiger partial charge is 0.381 e. The number of benzene rings is 1. The lowest BCUT2D eigenvalue weighted by molar-refractivity contribution is 0.0514. The standard InChI is InChI=1S/C23H40N4O.HI/c1-19(2)27(20(3)4)15-9-14-25-22(24-5)26-18-23(12-16-28-17-13-23)21-10-7-6-8-11-21;/h6-8,10-11,19-20H,9,12-18H2,1-5H3,(H2,24,25,26);1H. The van der Waals surface area contributed by atoms with Crippen LogP contribution in [0.1, 0.15) is 52.5 Å². The summed E-state index contributed by atoms with van der Waals surface area (Å²) in [6.07, 6.45) is 3.19. The zero-order valence-electron chi connectivity index (χ0n) is 18.9. The first-order chi connectivity index (χ1) is 13.5. The molecule has 1 aliphatic heterocycles. The normalized spacial score (nSPS) is 16.8. The molecule has 1 aliphatic rings. The number of halogens is 1. The molecule has 0 aromatic heterocycles. The SMILES string of the molecule is CN=C(NCCCN(C(C)C)C(C)C)NCC1(c2ccccc2)CCOCC1.I. The minimum Gasteiger partial charge on any atom is -0.381 e. The highest BCUT2D eigenvalue weighted by Crippen LogP contribution is 2.34. The molecule has 1 aromatic rings. The van der Waals surface area contributed by atoms with Crippen LogP contribution in [0.3, 0.4) is 0 Å². The number of hydrogen-bond donors (Lipinski definition) is 2. The molecule has 0 spiro atoms. The van der Waals surface area contributed by atoms with Gasteiger partial charge in [-0.15, -0.1) is 24.0 Å². The number of ether oxygens (including phenoxy) is 1. The first-order valence-corrected chi connectivity index (χ1v) is 10.8. The van der Waals surface area contributed by atoms with Gasteiger partial charge in [0.2, 0.25) is 0 Å². The van der Waals surface area contributed by atoms with Crippen molar-refractivity contribution in [1.82, 2.24) is 15.5 Å². The lowest BCUT2D eigenvalue weighted by atomic mass is 9.74. The first kappa shape index (κ1) is 26.2. The number of guanidine groups is 1. The van der Waals surface area contributed by atoms with Crippen molar-refractivity contribution in [1.29, 1.82) is 0 Å². The molecule has 1 heterocycles. The Kier molecular flexibility index (Phi) is 12.1. The minimum atomic E-state index is 0. The molecule has 0 amide bonds. The molecule has 29 heavy (non-hydrogen) atoms. The van der Waals surface area contributed by atoms with Gasteiger partial charge in [0, 0.05) is 57.4 Å². The van der Waals surface area contributed by atoms with Gasteiger partial charge in [-0.1, -0.05) is 30.3 Å². The van der Waals surface area contributed by atoms with Crippen LogP contribution in [0.2, 0.25) is 0 Å². The molecule has 5 nitrogen and oxygen atoms in total. The highest BCUT2D eigenvalue weighted by atomic mass is 127. The number of nitrogens with one attached hydrogen (secondary N) is 2. The quantitative estimate of drug-likeness (QED) is 0.225. The third kappa shape index (κ3) is 8.06. The van der Waals surface area contributed by atoms with Crippen LogP contribution in [0.4, 0.5) is 0 Å². The summed E-state index contributed by atoms with van der Waals surface area (Å²) >= 11 is 0. The Bertz CT molecular complexity index is 578. The topological polar surface area (TPSA) is 48.9 Å². The highest BCUT2D eigenvalue weighted by Gasteiger charge is 2.34. The summed E-state index contributed by atoms with van der Waals surface area (Å²) in [5, 5.41) is 7.07. The molecule has 0 bridgehead atoms. The molecule has 6 heteroatoms. The number of hydrogen-bond acceptors (Lipinski definition) is 3. The Morgan fingerprint density at radius 3 is 2.24 bits per heavy atom. The zero-order chi connectivity index (χ0) is 20.4. The summed E-state index contributed by atoms with van der Waals surface area (Å²) in [6, 6.07) is 12.0. The van der Waals surface area contributed by atoms with Crippen molar-refractivity contribution >= 4 is 29.9 Å². The summed E-state index contributed by atoms with van der Waals surface area (Å²) in [4.78, 5) is 6.97. The van der Waals surface area contributed by atoms with E-state index in [4.69, 9.17) is 4.74 Å². The van der Waals surface area contributed by atoms with E-state index in [-0.39, 0.29) is 29.4 Å². The van der Waals surface area contributed by atoms with Crippen LogP contribution >= 0.6 is 24.0 Å². The average Bonchev–Trinajstić information content (AvgIpc) is 2.71. The van der Waals surface area contributed by atoms with Crippen LogP contribution in [0.15, 0.2) is 35.3 Å². The molecule has 2 rings (SSSR count). The van der Waals surface area contributed by atoms with E-state index in [9.17, 15) is 0 Å². The van der Waals surface area contributed by atoms with Crippen molar-refractivity contribution in [3.8, 4) is 0 Å². The summed E-state index contributed by atoms with van der Waals surface area (Å²) in [5.74, 6) is 0.891. The molecule has 0 atom stereocenters. The van der Waals surface area contributed by atoms with Gasteiger partial charge in [0.1, 0.15) is 0 Å². The zero-order valence-corrected chi connectivity index (χ0v) is 21.2. The van der Waals surface area contributed by atoms with Crippen molar-refractivity contribution in [3.05, 3.63) is 35.9 Å². The Balaban J connectivity index is 0.00000420. The Morgan fingerprint density at radius 2 is 1.69 bits per heavy atom. The van der Waals surface area contributed by atoms with Gasteiger partial charge in [-0.2, -0.15) is 0 Å². The maximum Gasteiger partial charge on any atom is 0.191 e. The van der Waals surface area contributed by atoms with Crippen LogP contribution in [-0.2, 0) is 10.2 Å². The summed E-state index contributed by atoms with van der Waals surface area (Å²) in [7, 11) is 1.85. The van der Waals surface area contributed by atoms with E-state index >= 15 is 0 Å². The second-order valence-electron chi connectivity index (χ2n) is 8.39. The maximum absolute atomic E-state index is 5.64. The predicted molar refractivity (Wildman–Crippen MR) is 135 cm³/mol.